The number of likely N-dealkylation sites (tertiary alicyclic amines) is 1. The summed E-state index contributed by atoms with van der Waals surface area (Å²) < 4.78 is 44.0. The zero-order valence-corrected chi connectivity index (χ0v) is 16.8. The molecule has 3 rings (SSSR count). The van der Waals surface area contributed by atoms with Crippen molar-refractivity contribution in [2.45, 2.75) is 25.1 Å². The quantitative estimate of drug-likeness (QED) is 0.696. The van der Waals surface area contributed by atoms with Crippen LogP contribution in [0.2, 0.25) is 0 Å². The summed E-state index contributed by atoms with van der Waals surface area (Å²) >= 11 is 0.914. The van der Waals surface area contributed by atoms with Gasteiger partial charge in [-0.15, -0.1) is 11.3 Å². The Morgan fingerprint density at radius 1 is 1.23 bits per heavy atom. The summed E-state index contributed by atoms with van der Waals surface area (Å²) in [6.45, 7) is 0.538. The highest BCUT2D eigenvalue weighted by Gasteiger charge is 2.32. The first-order valence-electron chi connectivity index (χ1n) is 9.13. The first-order valence-corrected chi connectivity index (χ1v) is 9.94. The Morgan fingerprint density at radius 3 is 2.60 bits per heavy atom. The second kappa shape index (κ2) is 8.86. The molecule has 10 heteroatoms. The molecule has 160 valence electrons. The molecule has 1 aromatic heterocycles. The molecule has 1 fully saturated rings. The van der Waals surface area contributed by atoms with E-state index in [4.69, 9.17) is 0 Å². The average molecular weight is 440 g/mol. The minimum absolute atomic E-state index is 0.0567. The van der Waals surface area contributed by atoms with Crippen LogP contribution in [0.4, 0.5) is 13.2 Å². The van der Waals surface area contributed by atoms with Gasteiger partial charge in [-0.05, 0) is 36.2 Å². The van der Waals surface area contributed by atoms with Crippen molar-refractivity contribution in [2.75, 3.05) is 20.2 Å². The van der Waals surface area contributed by atoms with Gasteiger partial charge in [0.15, 0.2) is 0 Å². The number of esters is 1. The number of amides is 2. The number of carbonyl (C=O) groups is 3. The molecule has 1 atom stereocenters. The lowest BCUT2D eigenvalue weighted by atomic mass is 10.0. The number of nitrogens with one attached hydrogen (secondary N) is 1. The number of hydrogen-bond donors (Lipinski definition) is 1. The van der Waals surface area contributed by atoms with Gasteiger partial charge >= 0.3 is 12.1 Å². The molecular weight excluding hydrogens is 421 g/mol. The fourth-order valence-corrected chi connectivity index (χ4v) is 4.01. The molecule has 1 aliphatic heterocycles. The molecule has 30 heavy (non-hydrogen) atoms. The van der Waals surface area contributed by atoms with E-state index in [1.54, 1.807) is 0 Å². The maximum absolute atomic E-state index is 13.1. The lowest BCUT2D eigenvalue weighted by molar-refractivity contribution is -0.137. The minimum Gasteiger partial charge on any atom is -0.465 e. The van der Waals surface area contributed by atoms with Gasteiger partial charge in [0.1, 0.15) is 4.88 Å². The summed E-state index contributed by atoms with van der Waals surface area (Å²) in [5, 5.41) is 2.70. The monoisotopic (exact) mass is 440 g/mol. The molecular formula is C20H19F3N2O4S. The van der Waals surface area contributed by atoms with Gasteiger partial charge in [-0.1, -0.05) is 12.1 Å². The third-order valence-electron chi connectivity index (χ3n) is 4.71. The highest BCUT2D eigenvalue weighted by atomic mass is 32.1. The molecule has 1 aromatic carbocycles. The third kappa shape index (κ3) is 4.99. The van der Waals surface area contributed by atoms with Crippen LogP contribution in [0.3, 0.4) is 0 Å². The summed E-state index contributed by atoms with van der Waals surface area (Å²) in [5.74, 6) is -1.24. The largest absolute Gasteiger partial charge is 0.465 e. The molecule has 1 aliphatic rings. The SMILES string of the molecule is COC(=O)c1ccc(C(=O)NC(CN2CCCC2=O)c2cccc(C(F)(F)F)c2)s1. The number of carbonyl (C=O) groups excluding carboxylic acids is 3. The van der Waals surface area contributed by atoms with Gasteiger partial charge in [-0.3, -0.25) is 9.59 Å². The summed E-state index contributed by atoms with van der Waals surface area (Å²) in [7, 11) is 1.22. The number of benzene rings is 1. The Labute approximate surface area is 174 Å². The minimum atomic E-state index is -4.53. The number of alkyl halides is 3. The molecule has 2 aromatic rings. The highest BCUT2D eigenvalue weighted by molar-refractivity contribution is 7.15. The molecule has 0 aliphatic carbocycles. The topological polar surface area (TPSA) is 75.7 Å². The first kappa shape index (κ1) is 21.8. The van der Waals surface area contributed by atoms with Crippen LogP contribution in [-0.4, -0.2) is 42.9 Å². The zero-order valence-electron chi connectivity index (χ0n) is 16.0. The van der Waals surface area contributed by atoms with Crippen molar-refractivity contribution in [3.05, 3.63) is 57.3 Å². The van der Waals surface area contributed by atoms with E-state index in [0.717, 1.165) is 23.5 Å². The van der Waals surface area contributed by atoms with Crippen molar-refractivity contribution in [1.29, 1.82) is 0 Å². The molecule has 0 spiro atoms. The van der Waals surface area contributed by atoms with E-state index in [1.807, 2.05) is 0 Å². The van der Waals surface area contributed by atoms with E-state index in [-0.39, 0.29) is 27.8 Å². The zero-order chi connectivity index (χ0) is 21.9. The van der Waals surface area contributed by atoms with Gasteiger partial charge in [0, 0.05) is 19.5 Å². The van der Waals surface area contributed by atoms with E-state index in [0.29, 0.717) is 19.4 Å². The van der Waals surface area contributed by atoms with Gasteiger partial charge in [0.2, 0.25) is 5.91 Å². The molecule has 1 N–H and O–H groups in total. The second-order valence-corrected chi connectivity index (χ2v) is 7.83. The average Bonchev–Trinajstić information content (AvgIpc) is 3.36. The van der Waals surface area contributed by atoms with Crippen molar-refractivity contribution in [2.24, 2.45) is 0 Å². The van der Waals surface area contributed by atoms with Gasteiger partial charge in [-0.25, -0.2) is 4.79 Å². The van der Waals surface area contributed by atoms with E-state index >= 15 is 0 Å². The number of nitrogens with zero attached hydrogens (tertiary/aromatic N) is 1. The van der Waals surface area contributed by atoms with Crippen LogP contribution in [0.15, 0.2) is 36.4 Å². The first-order chi connectivity index (χ1) is 14.2. The smallest absolute Gasteiger partial charge is 0.416 e. The van der Waals surface area contributed by atoms with Gasteiger partial charge in [-0.2, -0.15) is 13.2 Å². The number of thiophene rings is 1. The Morgan fingerprint density at radius 2 is 1.97 bits per heavy atom. The lowest BCUT2D eigenvalue weighted by Gasteiger charge is -2.25. The summed E-state index contributed by atoms with van der Waals surface area (Å²) in [5.41, 5.74) is -0.598. The predicted molar refractivity (Wildman–Crippen MR) is 103 cm³/mol. The van der Waals surface area contributed by atoms with Gasteiger partial charge in [0.05, 0.1) is 23.6 Å². The van der Waals surface area contributed by atoms with Gasteiger partial charge < -0.3 is 15.0 Å². The molecule has 6 nitrogen and oxygen atoms in total. The van der Waals surface area contributed by atoms with Crippen molar-refractivity contribution in [1.82, 2.24) is 10.2 Å². The Hall–Kier alpha value is -2.88. The van der Waals surface area contributed by atoms with Crippen LogP contribution >= 0.6 is 11.3 Å². The molecule has 2 amide bonds. The van der Waals surface area contributed by atoms with E-state index in [2.05, 4.69) is 10.1 Å². The third-order valence-corrected chi connectivity index (χ3v) is 5.78. The lowest BCUT2D eigenvalue weighted by Crippen LogP contribution is -2.38. The summed E-state index contributed by atoms with van der Waals surface area (Å²) in [6.07, 6.45) is -3.50. The maximum atomic E-state index is 13.1. The normalized spacial score (nSPS) is 15.2. The summed E-state index contributed by atoms with van der Waals surface area (Å²) in [4.78, 5) is 38.3. The fraction of sp³-hybridized carbons (Fsp3) is 0.350. The van der Waals surface area contributed by atoms with E-state index in [9.17, 15) is 27.6 Å². The van der Waals surface area contributed by atoms with Crippen LogP contribution in [0, 0.1) is 0 Å². The molecule has 2 heterocycles. The van der Waals surface area contributed by atoms with Crippen LogP contribution in [0.25, 0.3) is 0 Å². The van der Waals surface area contributed by atoms with Crippen LogP contribution in [-0.2, 0) is 15.7 Å². The second-order valence-electron chi connectivity index (χ2n) is 6.75. The fourth-order valence-electron chi connectivity index (χ4n) is 3.18. The molecule has 1 unspecified atom stereocenters. The Balaban J connectivity index is 1.86. The standard InChI is InChI=1S/C20H19F3N2O4S/c1-29-19(28)16-8-7-15(30-16)18(27)24-14(11-25-9-3-6-17(25)26)12-4-2-5-13(10-12)20(21,22)23/h2,4-5,7-8,10,14H,3,6,9,11H2,1H3,(H,24,27). The van der Waals surface area contributed by atoms with E-state index in [1.165, 1.54) is 36.3 Å². The van der Waals surface area contributed by atoms with Crippen molar-refractivity contribution >= 4 is 29.1 Å². The van der Waals surface area contributed by atoms with Crippen molar-refractivity contribution in [3.8, 4) is 0 Å². The van der Waals surface area contributed by atoms with Crippen LogP contribution < -0.4 is 5.32 Å². The number of hydrogen-bond acceptors (Lipinski definition) is 5. The molecule has 1 saturated heterocycles. The summed E-state index contributed by atoms with van der Waals surface area (Å²) in [6, 6.07) is 6.71. The molecule has 0 radical (unpaired) electrons. The number of rotatable bonds is 6. The highest BCUT2D eigenvalue weighted by Crippen LogP contribution is 2.31. The van der Waals surface area contributed by atoms with Crippen LogP contribution in [0.1, 0.15) is 49.4 Å². The maximum Gasteiger partial charge on any atom is 0.416 e. The number of methoxy groups -OCH3 is 1. The Kier molecular flexibility index (Phi) is 6.45. The molecule has 0 bridgehead atoms. The van der Waals surface area contributed by atoms with Crippen LogP contribution in [0.5, 0.6) is 0 Å². The number of ether oxygens (including phenoxy) is 1. The van der Waals surface area contributed by atoms with Gasteiger partial charge in [0.25, 0.3) is 5.91 Å². The Bertz CT molecular complexity index is 958. The van der Waals surface area contributed by atoms with E-state index < -0.39 is 29.7 Å². The predicted octanol–water partition coefficient (Wildman–Crippen LogP) is 3.65. The molecule has 0 saturated carbocycles. The van der Waals surface area contributed by atoms with Crippen molar-refractivity contribution in [3.63, 3.8) is 0 Å². The number of halogens is 3. The van der Waals surface area contributed by atoms with Crippen molar-refractivity contribution < 1.29 is 32.3 Å².